The Morgan fingerprint density at radius 3 is 2.80 bits per heavy atom. The molecule has 2 aliphatic rings. The topological polar surface area (TPSA) is 36.4 Å². The summed E-state index contributed by atoms with van der Waals surface area (Å²) < 4.78 is 0.871. The van der Waals surface area contributed by atoms with Crippen LogP contribution in [-0.4, -0.2) is 46.9 Å². The largest absolute Gasteiger partial charge is 0.336 e. The summed E-state index contributed by atoms with van der Waals surface area (Å²) in [6.45, 7) is 4.11. The number of nitrogens with zero attached hydrogens (tertiary/aromatic N) is 3. The van der Waals surface area contributed by atoms with Gasteiger partial charge in [-0.15, -0.1) is 11.3 Å². The Kier molecular flexibility index (Phi) is 5.13. The number of aromatic nitrogens is 1. The molecule has 132 valence electrons. The molecule has 0 radical (unpaired) electrons. The SMILES string of the molecule is O=C(c1cc(Br)ccc1Cl)N1CCN(Cc2nc3c(s2)CCC3)CC1. The van der Waals surface area contributed by atoms with E-state index in [2.05, 4.69) is 20.8 Å². The van der Waals surface area contributed by atoms with Gasteiger partial charge in [0.2, 0.25) is 0 Å². The molecule has 25 heavy (non-hydrogen) atoms. The lowest BCUT2D eigenvalue weighted by molar-refractivity contribution is 0.0628. The standard InChI is InChI=1S/C18H19BrClN3OS/c19-12-4-5-14(20)13(10-12)18(24)23-8-6-22(7-9-23)11-17-21-15-2-1-3-16(15)25-17/h4-5,10H,1-3,6-9,11H2. The second-order valence-electron chi connectivity index (χ2n) is 6.52. The summed E-state index contributed by atoms with van der Waals surface area (Å²) in [5.74, 6) is 0.0131. The number of rotatable bonds is 3. The summed E-state index contributed by atoms with van der Waals surface area (Å²) in [4.78, 5) is 23.3. The van der Waals surface area contributed by atoms with Crippen LogP contribution in [0, 0.1) is 0 Å². The highest BCUT2D eigenvalue weighted by Crippen LogP contribution is 2.28. The molecule has 1 aliphatic heterocycles. The predicted molar refractivity (Wildman–Crippen MR) is 104 cm³/mol. The quantitative estimate of drug-likeness (QED) is 0.724. The van der Waals surface area contributed by atoms with E-state index in [-0.39, 0.29) is 5.91 Å². The van der Waals surface area contributed by atoms with Crippen LogP contribution < -0.4 is 0 Å². The summed E-state index contributed by atoms with van der Waals surface area (Å²) >= 11 is 11.5. The molecule has 2 aromatic rings. The molecular weight excluding hydrogens is 422 g/mol. The Bertz CT molecular complexity index is 780. The van der Waals surface area contributed by atoms with Gasteiger partial charge in [-0.1, -0.05) is 27.5 Å². The zero-order valence-corrected chi connectivity index (χ0v) is 17.0. The number of hydrogen-bond acceptors (Lipinski definition) is 4. The molecule has 1 aliphatic carbocycles. The van der Waals surface area contributed by atoms with Gasteiger partial charge in [0, 0.05) is 35.5 Å². The van der Waals surface area contributed by atoms with Crippen molar-refractivity contribution in [2.75, 3.05) is 26.2 Å². The molecule has 0 N–H and O–H groups in total. The number of hydrogen-bond donors (Lipinski definition) is 0. The summed E-state index contributed by atoms with van der Waals surface area (Å²) in [5.41, 5.74) is 1.89. The molecular formula is C18H19BrClN3OS. The molecule has 2 heterocycles. The number of aryl methyl sites for hydroxylation is 2. The molecule has 7 heteroatoms. The monoisotopic (exact) mass is 439 g/mol. The van der Waals surface area contributed by atoms with Crippen LogP contribution in [-0.2, 0) is 19.4 Å². The molecule has 0 bridgehead atoms. The van der Waals surface area contributed by atoms with Crippen molar-refractivity contribution in [1.82, 2.24) is 14.8 Å². The van der Waals surface area contributed by atoms with Crippen molar-refractivity contribution in [3.05, 3.63) is 48.8 Å². The highest BCUT2D eigenvalue weighted by Gasteiger charge is 2.25. The molecule has 1 aromatic heterocycles. The third-order valence-electron chi connectivity index (χ3n) is 4.82. The van der Waals surface area contributed by atoms with Crippen LogP contribution >= 0.6 is 38.9 Å². The number of amides is 1. The minimum absolute atomic E-state index is 0.0131. The molecule has 0 atom stereocenters. The molecule has 0 unspecified atom stereocenters. The highest BCUT2D eigenvalue weighted by atomic mass is 79.9. The van der Waals surface area contributed by atoms with Crippen molar-refractivity contribution in [3.63, 3.8) is 0 Å². The van der Waals surface area contributed by atoms with E-state index >= 15 is 0 Å². The highest BCUT2D eigenvalue weighted by molar-refractivity contribution is 9.10. The lowest BCUT2D eigenvalue weighted by Crippen LogP contribution is -2.48. The molecule has 0 saturated carbocycles. The first-order chi connectivity index (χ1) is 12.1. The van der Waals surface area contributed by atoms with Crippen molar-refractivity contribution < 1.29 is 4.79 Å². The minimum Gasteiger partial charge on any atom is -0.336 e. The number of carbonyl (C=O) groups excluding carboxylic acids is 1. The number of piperazine rings is 1. The first-order valence-electron chi connectivity index (χ1n) is 8.54. The minimum atomic E-state index is 0.0131. The Labute approximate surface area is 164 Å². The molecule has 0 spiro atoms. The summed E-state index contributed by atoms with van der Waals surface area (Å²) in [7, 11) is 0. The van der Waals surface area contributed by atoms with Crippen molar-refractivity contribution in [1.29, 1.82) is 0 Å². The third-order valence-corrected chi connectivity index (χ3v) is 6.78. The molecule has 1 amide bonds. The van der Waals surface area contributed by atoms with E-state index in [0.29, 0.717) is 10.6 Å². The fourth-order valence-corrected chi connectivity index (χ4v) is 5.20. The van der Waals surface area contributed by atoms with Crippen LogP contribution in [0.25, 0.3) is 0 Å². The van der Waals surface area contributed by atoms with E-state index in [9.17, 15) is 4.79 Å². The van der Waals surface area contributed by atoms with E-state index in [1.165, 1.54) is 28.4 Å². The van der Waals surface area contributed by atoms with Gasteiger partial charge in [-0.05, 0) is 37.5 Å². The number of carbonyl (C=O) groups is 1. The van der Waals surface area contributed by atoms with Crippen LogP contribution in [0.1, 0.15) is 32.4 Å². The van der Waals surface area contributed by atoms with Crippen LogP contribution in [0.5, 0.6) is 0 Å². The third kappa shape index (κ3) is 3.77. The maximum atomic E-state index is 12.7. The first-order valence-corrected chi connectivity index (χ1v) is 10.5. The van der Waals surface area contributed by atoms with Crippen molar-refractivity contribution in [2.24, 2.45) is 0 Å². The summed E-state index contributed by atoms with van der Waals surface area (Å²) in [6, 6.07) is 5.41. The first kappa shape index (κ1) is 17.5. The molecule has 1 saturated heterocycles. The van der Waals surface area contributed by atoms with Gasteiger partial charge in [-0.25, -0.2) is 4.98 Å². The summed E-state index contributed by atoms with van der Waals surface area (Å²) in [6.07, 6.45) is 3.59. The van der Waals surface area contributed by atoms with E-state index in [1.807, 2.05) is 22.3 Å². The van der Waals surface area contributed by atoms with E-state index < -0.39 is 0 Å². The van der Waals surface area contributed by atoms with Crippen molar-refractivity contribution in [3.8, 4) is 0 Å². The maximum Gasteiger partial charge on any atom is 0.255 e. The Balaban J connectivity index is 1.36. The van der Waals surface area contributed by atoms with Crippen LogP contribution in [0.2, 0.25) is 5.02 Å². The van der Waals surface area contributed by atoms with Gasteiger partial charge in [0.1, 0.15) is 5.01 Å². The van der Waals surface area contributed by atoms with Gasteiger partial charge in [0.25, 0.3) is 5.91 Å². The van der Waals surface area contributed by atoms with Gasteiger partial charge < -0.3 is 4.90 Å². The van der Waals surface area contributed by atoms with Gasteiger partial charge in [-0.3, -0.25) is 9.69 Å². The van der Waals surface area contributed by atoms with Gasteiger partial charge in [0.05, 0.1) is 22.8 Å². The second kappa shape index (κ2) is 7.35. The molecule has 4 rings (SSSR count). The lowest BCUT2D eigenvalue weighted by Gasteiger charge is -2.34. The molecule has 4 nitrogen and oxygen atoms in total. The van der Waals surface area contributed by atoms with Gasteiger partial charge in [0.15, 0.2) is 0 Å². The van der Waals surface area contributed by atoms with E-state index in [0.717, 1.165) is 43.6 Å². The fourth-order valence-electron chi connectivity index (χ4n) is 3.44. The number of fused-ring (bicyclic) bond motifs is 1. The van der Waals surface area contributed by atoms with Crippen LogP contribution in [0.15, 0.2) is 22.7 Å². The predicted octanol–water partition coefficient (Wildman–Crippen LogP) is 4.01. The lowest BCUT2D eigenvalue weighted by atomic mass is 10.2. The van der Waals surface area contributed by atoms with Crippen molar-refractivity contribution >= 4 is 44.8 Å². The zero-order valence-electron chi connectivity index (χ0n) is 13.8. The van der Waals surface area contributed by atoms with E-state index in [1.54, 1.807) is 12.1 Å². The number of benzene rings is 1. The molecule has 1 aromatic carbocycles. The number of thiazole rings is 1. The van der Waals surface area contributed by atoms with Crippen molar-refractivity contribution in [2.45, 2.75) is 25.8 Å². The van der Waals surface area contributed by atoms with Crippen LogP contribution in [0.3, 0.4) is 0 Å². The molecule has 1 fully saturated rings. The maximum absolute atomic E-state index is 12.7. The Morgan fingerprint density at radius 2 is 2.04 bits per heavy atom. The van der Waals surface area contributed by atoms with Crippen LogP contribution in [0.4, 0.5) is 0 Å². The zero-order chi connectivity index (χ0) is 17.4. The van der Waals surface area contributed by atoms with Gasteiger partial charge >= 0.3 is 0 Å². The Hall–Kier alpha value is -0.950. The second-order valence-corrected chi connectivity index (χ2v) is 9.01. The Morgan fingerprint density at radius 1 is 1.24 bits per heavy atom. The number of halogens is 2. The van der Waals surface area contributed by atoms with Gasteiger partial charge in [-0.2, -0.15) is 0 Å². The fraction of sp³-hybridized carbons (Fsp3) is 0.444. The summed E-state index contributed by atoms with van der Waals surface area (Å²) in [5, 5.41) is 1.73. The van der Waals surface area contributed by atoms with E-state index in [4.69, 9.17) is 16.6 Å². The smallest absolute Gasteiger partial charge is 0.255 e. The average molecular weight is 441 g/mol. The average Bonchev–Trinajstić information content (AvgIpc) is 3.18. The normalized spacial score (nSPS) is 17.8.